The average molecular weight is 275 g/mol. The van der Waals surface area contributed by atoms with Crippen LogP contribution in [0.3, 0.4) is 0 Å². The first-order valence-corrected chi connectivity index (χ1v) is 7.77. The number of aryl methyl sites for hydroxylation is 1. The number of piperidine rings is 1. The molecule has 1 fully saturated rings. The Balaban J connectivity index is 2.15. The molecule has 0 aliphatic carbocycles. The van der Waals surface area contributed by atoms with E-state index in [0.29, 0.717) is 0 Å². The summed E-state index contributed by atoms with van der Waals surface area (Å²) in [5.41, 5.74) is 1.99. The lowest BCUT2D eigenvalue weighted by molar-refractivity contribution is 0.0898. The molecule has 0 aromatic heterocycles. The normalized spacial score (nSPS) is 18.8. The van der Waals surface area contributed by atoms with Gasteiger partial charge in [0.2, 0.25) is 0 Å². The summed E-state index contributed by atoms with van der Waals surface area (Å²) in [6.45, 7) is 6.76. The van der Waals surface area contributed by atoms with Gasteiger partial charge in [0.25, 0.3) is 0 Å². The van der Waals surface area contributed by atoms with Gasteiger partial charge in [-0.15, -0.1) is 0 Å². The Labute approximate surface area is 121 Å². The molecule has 1 aromatic carbocycles. The zero-order chi connectivity index (χ0) is 14.4. The summed E-state index contributed by atoms with van der Waals surface area (Å²) in [6, 6.07) is 5.90. The van der Waals surface area contributed by atoms with Crippen molar-refractivity contribution in [3.63, 3.8) is 0 Å². The number of nitrogens with one attached hydrogen (secondary N) is 1. The highest BCUT2D eigenvalue weighted by Gasteiger charge is 2.23. The second-order valence-corrected chi connectivity index (χ2v) is 5.43. The number of ether oxygens (including phenoxy) is 1. The molecule has 1 N–H and O–H groups in total. The Kier molecular flexibility index (Phi) is 5.60. The topological polar surface area (TPSA) is 38.3 Å². The number of carbonyl (C=O) groups excluding carboxylic acids is 1. The zero-order valence-electron chi connectivity index (χ0n) is 12.6. The van der Waals surface area contributed by atoms with Crippen molar-refractivity contribution < 1.29 is 9.53 Å². The van der Waals surface area contributed by atoms with Crippen LogP contribution in [0.15, 0.2) is 18.2 Å². The summed E-state index contributed by atoms with van der Waals surface area (Å²) in [7, 11) is 0. The van der Waals surface area contributed by atoms with E-state index in [1.54, 1.807) is 0 Å². The largest absolute Gasteiger partial charge is 0.494 e. The van der Waals surface area contributed by atoms with Gasteiger partial charge in [-0.1, -0.05) is 13.8 Å². The van der Waals surface area contributed by atoms with Crippen LogP contribution in [-0.4, -0.2) is 25.5 Å². The molecular weight excluding hydrogens is 250 g/mol. The minimum absolute atomic E-state index is 0.136. The number of ketones is 1. The van der Waals surface area contributed by atoms with Crippen molar-refractivity contribution in [3.8, 4) is 5.75 Å². The number of hydrogen-bond acceptors (Lipinski definition) is 3. The predicted octanol–water partition coefficient (Wildman–Crippen LogP) is 3.22. The summed E-state index contributed by atoms with van der Waals surface area (Å²) >= 11 is 0. The molecule has 3 heteroatoms. The monoisotopic (exact) mass is 275 g/mol. The molecule has 0 amide bonds. The van der Waals surface area contributed by atoms with E-state index >= 15 is 0 Å². The summed E-state index contributed by atoms with van der Waals surface area (Å²) < 4.78 is 5.65. The van der Waals surface area contributed by atoms with Crippen molar-refractivity contribution in [2.45, 2.75) is 39.5 Å². The maximum atomic E-state index is 12.6. The first kappa shape index (κ1) is 15.0. The second kappa shape index (κ2) is 7.44. The first-order valence-electron chi connectivity index (χ1n) is 7.77. The van der Waals surface area contributed by atoms with Gasteiger partial charge in [-0.05, 0) is 56.0 Å². The van der Waals surface area contributed by atoms with Crippen molar-refractivity contribution in [2.24, 2.45) is 5.92 Å². The fourth-order valence-corrected chi connectivity index (χ4v) is 2.71. The molecule has 1 heterocycles. The third-order valence-electron chi connectivity index (χ3n) is 3.86. The maximum Gasteiger partial charge on any atom is 0.167 e. The number of rotatable bonds is 6. The van der Waals surface area contributed by atoms with Gasteiger partial charge >= 0.3 is 0 Å². The smallest absolute Gasteiger partial charge is 0.167 e. The molecule has 2 rings (SSSR count). The van der Waals surface area contributed by atoms with E-state index in [0.717, 1.165) is 62.3 Å². The van der Waals surface area contributed by atoms with E-state index in [9.17, 15) is 4.79 Å². The van der Waals surface area contributed by atoms with Crippen LogP contribution in [0.5, 0.6) is 5.75 Å². The first-order chi connectivity index (χ1) is 9.76. The lowest BCUT2D eigenvalue weighted by Gasteiger charge is -2.22. The number of hydrogen-bond donors (Lipinski definition) is 1. The summed E-state index contributed by atoms with van der Waals surface area (Å²) in [5, 5.41) is 3.32. The highest BCUT2D eigenvalue weighted by atomic mass is 16.5. The van der Waals surface area contributed by atoms with Crippen LogP contribution in [-0.2, 0) is 6.42 Å². The van der Waals surface area contributed by atoms with Gasteiger partial charge in [0.1, 0.15) is 5.75 Å². The Morgan fingerprint density at radius 1 is 1.40 bits per heavy atom. The van der Waals surface area contributed by atoms with Crippen molar-refractivity contribution in [1.29, 1.82) is 0 Å². The maximum absolute atomic E-state index is 12.6. The van der Waals surface area contributed by atoms with Gasteiger partial charge < -0.3 is 10.1 Å². The minimum atomic E-state index is 0.136. The molecular formula is C17H25NO2. The van der Waals surface area contributed by atoms with Crippen LogP contribution in [0.2, 0.25) is 0 Å². The van der Waals surface area contributed by atoms with Gasteiger partial charge in [-0.2, -0.15) is 0 Å². The van der Waals surface area contributed by atoms with Gasteiger partial charge in [0.05, 0.1) is 6.61 Å². The van der Waals surface area contributed by atoms with Gasteiger partial charge in [0, 0.05) is 18.0 Å². The third-order valence-corrected chi connectivity index (χ3v) is 3.86. The zero-order valence-corrected chi connectivity index (χ0v) is 12.6. The highest BCUT2D eigenvalue weighted by molar-refractivity contribution is 5.99. The van der Waals surface area contributed by atoms with Crippen LogP contribution >= 0.6 is 0 Å². The fraction of sp³-hybridized carbons (Fsp3) is 0.588. The molecule has 110 valence electrons. The van der Waals surface area contributed by atoms with Crippen molar-refractivity contribution in [2.75, 3.05) is 19.7 Å². The van der Waals surface area contributed by atoms with E-state index in [-0.39, 0.29) is 11.7 Å². The lowest BCUT2D eigenvalue weighted by Crippen LogP contribution is -2.34. The Morgan fingerprint density at radius 3 is 2.90 bits per heavy atom. The minimum Gasteiger partial charge on any atom is -0.494 e. The lowest BCUT2D eigenvalue weighted by atomic mass is 9.88. The number of Topliss-reactive ketones (excluding diaryl/α,β-unsaturated/α-hetero) is 1. The van der Waals surface area contributed by atoms with Crippen LogP contribution in [0.4, 0.5) is 0 Å². The Bertz CT molecular complexity index is 450. The quantitative estimate of drug-likeness (QED) is 0.810. The molecule has 0 radical (unpaired) electrons. The van der Waals surface area contributed by atoms with E-state index < -0.39 is 0 Å². The van der Waals surface area contributed by atoms with Gasteiger partial charge in [-0.3, -0.25) is 4.79 Å². The van der Waals surface area contributed by atoms with Gasteiger partial charge in [0.15, 0.2) is 5.78 Å². The predicted molar refractivity (Wildman–Crippen MR) is 81.5 cm³/mol. The highest BCUT2D eigenvalue weighted by Crippen LogP contribution is 2.24. The SMILES string of the molecule is CCCOc1ccc(C(=O)C2CCCNC2)c(CC)c1. The fourth-order valence-electron chi connectivity index (χ4n) is 2.71. The van der Waals surface area contributed by atoms with Crippen LogP contribution in [0, 0.1) is 5.92 Å². The molecule has 1 aliphatic heterocycles. The van der Waals surface area contributed by atoms with Gasteiger partial charge in [-0.25, -0.2) is 0 Å². The molecule has 20 heavy (non-hydrogen) atoms. The van der Waals surface area contributed by atoms with E-state index in [2.05, 4.69) is 19.2 Å². The van der Waals surface area contributed by atoms with E-state index in [1.165, 1.54) is 0 Å². The van der Waals surface area contributed by atoms with Crippen LogP contribution in [0.25, 0.3) is 0 Å². The number of carbonyl (C=O) groups is 1. The molecule has 1 atom stereocenters. The second-order valence-electron chi connectivity index (χ2n) is 5.43. The van der Waals surface area contributed by atoms with Crippen molar-refractivity contribution >= 4 is 5.78 Å². The Hall–Kier alpha value is -1.35. The molecule has 1 unspecified atom stereocenters. The van der Waals surface area contributed by atoms with Crippen molar-refractivity contribution in [3.05, 3.63) is 29.3 Å². The Morgan fingerprint density at radius 2 is 2.25 bits per heavy atom. The number of benzene rings is 1. The van der Waals surface area contributed by atoms with Crippen LogP contribution in [0.1, 0.15) is 49.0 Å². The molecule has 0 bridgehead atoms. The molecule has 1 aromatic rings. The summed E-state index contributed by atoms with van der Waals surface area (Å²) in [4.78, 5) is 12.6. The average Bonchev–Trinajstić information content (AvgIpc) is 2.52. The molecule has 0 saturated carbocycles. The summed E-state index contributed by atoms with van der Waals surface area (Å²) in [6.07, 6.45) is 3.96. The standard InChI is InChI=1S/C17H25NO2/c1-3-10-20-15-7-8-16(13(4-2)11-15)17(19)14-6-5-9-18-12-14/h7-8,11,14,18H,3-6,9-10,12H2,1-2H3. The van der Waals surface area contributed by atoms with E-state index in [4.69, 9.17) is 4.74 Å². The van der Waals surface area contributed by atoms with E-state index in [1.807, 2.05) is 18.2 Å². The third kappa shape index (κ3) is 3.60. The van der Waals surface area contributed by atoms with Crippen LogP contribution < -0.4 is 10.1 Å². The summed E-state index contributed by atoms with van der Waals surface area (Å²) in [5.74, 6) is 1.30. The molecule has 1 aliphatic rings. The molecule has 0 spiro atoms. The van der Waals surface area contributed by atoms with Crippen molar-refractivity contribution in [1.82, 2.24) is 5.32 Å². The molecule has 3 nitrogen and oxygen atoms in total. The molecule has 1 saturated heterocycles.